The van der Waals surface area contributed by atoms with Crippen LogP contribution in [0.2, 0.25) is 0 Å². The molecule has 0 unspecified atom stereocenters. The molecule has 0 aliphatic carbocycles. The normalized spacial score (nSPS) is 15.4. The molecule has 0 aromatic rings. The average Bonchev–Trinajstić information content (AvgIpc) is 2.34. The Kier molecular flexibility index (Phi) is 7.11. The molecule has 0 atom stereocenters. The van der Waals surface area contributed by atoms with Gasteiger partial charge in [-0.25, -0.2) is 0 Å². The summed E-state index contributed by atoms with van der Waals surface area (Å²) in [6.45, 7) is 14.4. The van der Waals surface area contributed by atoms with Crippen LogP contribution in [0.4, 0.5) is 0 Å². The van der Waals surface area contributed by atoms with Crippen molar-refractivity contribution in [3.63, 3.8) is 0 Å². The number of allylic oxidation sites excluding steroid dienone is 9. The van der Waals surface area contributed by atoms with Crippen molar-refractivity contribution in [2.45, 2.75) is 34.6 Å². The van der Waals surface area contributed by atoms with Crippen LogP contribution in [0.1, 0.15) is 34.6 Å². The van der Waals surface area contributed by atoms with E-state index < -0.39 is 0 Å². The lowest BCUT2D eigenvalue weighted by Gasteiger charge is -2.17. The fraction of sp³-hybridized carbons (Fsp3) is 0.412. The first-order valence-corrected chi connectivity index (χ1v) is 6.34. The molecule has 0 saturated heterocycles. The van der Waals surface area contributed by atoms with Gasteiger partial charge in [-0.05, 0) is 51.3 Å². The lowest BCUT2D eigenvalue weighted by Crippen LogP contribution is -2.10. The summed E-state index contributed by atoms with van der Waals surface area (Å²) in [6.07, 6.45) is 8.26. The monoisotopic (exact) mass is 245 g/mol. The Labute approximate surface area is 113 Å². The third-order valence-corrected chi connectivity index (χ3v) is 3.37. The van der Waals surface area contributed by atoms with E-state index in [-0.39, 0.29) is 0 Å². The van der Waals surface area contributed by atoms with Gasteiger partial charge in [0.15, 0.2) is 0 Å². The van der Waals surface area contributed by atoms with Crippen LogP contribution in [0.15, 0.2) is 58.9 Å². The summed E-state index contributed by atoms with van der Waals surface area (Å²) >= 11 is 0. The third-order valence-electron chi connectivity index (χ3n) is 3.37. The molecule has 0 saturated carbocycles. The Morgan fingerprint density at radius 1 is 1.00 bits per heavy atom. The van der Waals surface area contributed by atoms with Crippen LogP contribution in [0.5, 0.6) is 0 Å². The second-order valence-corrected chi connectivity index (χ2v) is 4.76. The van der Waals surface area contributed by atoms with Crippen molar-refractivity contribution in [2.75, 3.05) is 14.1 Å². The smallest absolute Gasteiger partial charge is 0.0132 e. The van der Waals surface area contributed by atoms with Crippen molar-refractivity contribution < 1.29 is 0 Å². The van der Waals surface area contributed by atoms with Gasteiger partial charge in [0.2, 0.25) is 0 Å². The molecule has 0 aliphatic heterocycles. The highest BCUT2D eigenvalue weighted by Gasteiger charge is 2.04. The first-order chi connectivity index (χ1) is 8.34. The van der Waals surface area contributed by atoms with Crippen LogP contribution >= 0.6 is 0 Å². The zero-order valence-electron chi connectivity index (χ0n) is 13.0. The maximum atomic E-state index is 3.80. The summed E-state index contributed by atoms with van der Waals surface area (Å²) in [7, 11) is 4.14. The van der Waals surface area contributed by atoms with Gasteiger partial charge in [-0.1, -0.05) is 36.5 Å². The van der Waals surface area contributed by atoms with Crippen molar-refractivity contribution in [3.05, 3.63) is 58.9 Å². The highest BCUT2D eigenvalue weighted by atomic mass is 15.1. The first-order valence-electron chi connectivity index (χ1n) is 6.34. The van der Waals surface area contributed by atoms with Crippen LogP contribution < -0.4 is 0 Å². The Hall–Kier alpha value is -1.50. The SMILES string of the molecule is C=C/C=C(\C=C(C)\C(C)=C\C)C(/C)=C(\C)N(C)C. The quantitative estimate of drug-likeness (QED) is 0.625. The predicted octanol–water partition coefficient (Wildman–Crippen LogP) is 4.87. The average molecular weight is 245 g/mol. The molecular weight excluding hydrogens is 218 g/mol. The summed E-state index contributed by atoms with van der Waals surface area (Å²) in [5, 5.41) is 0. The maximum Gasteiger partial charge on any atom is 0.0132 e. The fourth-order valence-corrected chi connectivity index (χ4v) is 1.53. The molecule has 0 radical (unpaired) electrons. The van der Waals surface area contributed by atoms with Crippen LogP contribution in [0, 0.1) is 0 Å². The van der Waals surface area contributed by atoms with E-state index in [4.69, 9.17) is 0 Å². The van der Waals surface area contributed by atoms with Gasteiger partial charge in [0.25, 0.3) is 0 Å². The van der Waals surface area contributed by atoms with E-state index in [0.29, 0.717) is 0 Å². The molecule has 0 aliphatic rings. The molecule has 1 heteroatoms. The summed E-state index contributed by atoms with van der Waals surface area (Å²) in [5.74, 6) is 0. The number of rotatable bonds is 5. The maximum absolute atomic E-state index is 3.80. The second-order valence-electron chi connectivity index (χ2n) is 4.76. The number of hydrogen-bond donors (Lipinski definition) is 0. The van der Waals surface area contributed by atoms with E-state index >= 15 is 0 Å². The van der Waals surface area contributed by atoms with Crippen molar-refractivity contribution in [1.29, 1.82) is 0 Å². The van der Waals surface area contributed by atoms with E-state index in [1.54, 1.807) is 0 Å². The van der Waals surface area contributed by atoms with Crippen molar-refractivity contribution in [3.8, 4) is 0 Å². The highest BCUT2D eigenvalue weighted by molar-refractivity contribution is 5.46. The zero-order valence-corrected chi connectivity index (χ0v) is 13.0. The van der Waals surface area contributed by atoms with Gasteiger partial charge < -0.3 is 4.90 Å². The molecule has 0 rings (SSSR count). The van der Waals surface area contributed by atoms with Crippen molar-refractivity contribution in [2.24, 2.45) is 0 Å². The van der Waals surface area contributed by atoms with Gasteiger partial charge in [0.1, 0.15) is 0 Å². The number of hydrogen-bond acceptors (Lipinski definition) is 1. The van der Waals surface area contributed by atoms with Crippen molar-refractivity contribution >= 4 is 0 Å². The molecule has 0 aromatic carbocycles. The molecule has 0 spiro atoms. The molecule has 100 valence electrons. The Bertz CT molecular complexity index is 415. The second kappa shape index (κ2) is 7.75. The summed E-state index contributed by atoms with van der Waals surface area (Å²) in [5.41, 5.74) is 6.36. The van der Waals surface area contributed by atoms with E-state index in [0.717, 1.165) is 0 Å². The molecule has 18 heavy (non-hydrogen) atoms. The molecule has 0 amide bonds. The standard InChI is InChI=1S/C17H27N/c1-9-11-17(12-14(4)13(3)10-2)15(5)16(6)18(7)8/h9-12H,1H2,2-8H3/b13-10+,14-12+,16-15+,17-11+. The zero-order chi connectivity index (χ0) is 14.3. The molecule has 0 N–H and O–H groups in total. The van der Waals surface area contributed by atoms with Crippen LogP contribution in [0.25, 0.3) is 0 Å². The lowest BCUT2D eigenvalue weighted by atomic mass is 9.99. The minimum absolute atomic E-state index is 1.22. The summed E-state index contributed by atoms with van der Waals surface area (Å²) in [4.78, 5) is 2.14. The molecule has 0 bridgehead atoms. The van der Waals surface area contributed by atoms with E-state index in [2.05, 4.69) is 78.4 Å². The van der Waals surface area contributed by atoms with Gasteiger partial charge >= 0.3 is 0 Å². The van der Waals surface area contributed by atoms with Gasteiger partial charge in [-0.3, -0.25) is 0 Å². The largest absolute Gasteiger partial charge is 0.381 e. The fourth-order valence-electron chi connectivity index (χ4n) is 1.53. The predicted molar refractivity (Wildman–Crippen MR) is 83.5 cm³/mol. The van der Waals surface area contributed by atoms with Gasteiger partial charge in [0.05, 0.1) is 0 Å². The van der Waals surface area contributed by atoms with Crippen LogP contribution in [0.3, 0.4) is 0 Å². The van der Waals surface area contributed by atoms with Crippen LogP contribution in [-0.4, -0.2) is 19.0 Å². The Balaban J connectivity index is 5.58. The molecule has 0 aromatic heterocycles. The Morgan fingerprint density at radius 2 is 1.56 bits per heavy atom. The molecule has 1 nitrogen and oxygen atoms in total. The van der Waals surface area contributed by atoms with Crippen molar-refractivity contribution in [1.82, 2.24) is 4.90 Å². The minimum Gasteiger partial charge on any atom is -0.381 e. The van der Waals surface area contributed by atoms with Crippen LogP contribution in [-0.2, 0) is 0 Å². The summed E-state index contributed by atoms with van der Waals surface area (Å²) in [6, 6.07) is 0. The minimum atomic E-state index is 1.22. The Morgan fingerprint density at radius 3 is 1.94 bits per heavy atom. The topological polar surface area (TPSA) is 3.24 Å². The van der Waals surface area contributed by atoms with E-state index in [1.807, 2.05) is 6.08 Å². The summed E-state index contributed by atoms with van der Waals surface area (Å²) < 4.78 is 0. The molecule has 0 heterocycles. The third kappa shape index (κ3) is 4.79. The first kappa shape index (κ1) is 16.5. The molecule has 0 fully saturated rings. The number of nitrogens with zero attached hydrogens (tertiary/aromatic N) is 1. The van der Waals surface area contributed by atoms with Gasteiger partial charge in [0, 0.05) is 19.8 Å². The van der Waals surface area contributed by atoms with E-state index in [9.17, 15) is 0 Å². The molecular formula is C17H27N. The highest BCUT2D eigenvalue weighted by Crippen LogP contribution is 2.21. The van der Waals surface area contributed by atoms with E-state index in [1.165, 1.54) is 28.0 Å². The van der Waals surface area contributed by atoms with Gasteiger partial charge in [-0.15, -0.1) is 0 Å². The lowest BCUT2D eigenvalue weighted by molar-refractivity contribution is 0.508. The van der Waals surface area contributed by atoms with Gasteiger partial charge in [-0.2, -0.15) is 0 Å².